The zero-order valence-electron chi connectivity index (χ0n) is 13.4. The molecule has 2 rings (SSSR count). The highest BCUT2D eigenvalue weighted by molar-refractivity contribution is 5.28. The van der Waals surface area contributed by atoms with Gasteiger partial charge in [-0.25, -0.2) is 0 Å². The van der Waals surface area contributed by atoms with E-state index in [1.807, 2.05) is 6.92 Å². The first-order valence-electron chi connectivity index (χ1n) is 7.93. The Morgan fingerprint density at radius 2 is 1.75 bits per heavy atom. The molecule has 1 saturated heterocycles. The topological polar surface area (TPSA) is 23.5 Å². The summed E-state index contributed by atoms with van der Waals surface area (Å²) in [6, 6.07) is 8.46. The normalized spacial score (nSPS) is 21.1. The summed E-state index contributed by atoms with van der Waals surface area (Å²) in [7, 11) is 0. The van der Waals surface area contributed by atoms with Crippen LogP contribution in [0.4, 0.5) is 0 Å². The van der Waals surface area contributed by atoms with Gasteiger partial charge < -0.3 is 10.0 Å². The van der Waals surface area contributed by atoms with Crippen LogP contribution in [0.25, 0.3) is 0 Å². The number of hydrogen-bond acceptors (Lipinski definition) is 2. The molecule has 2 nitrogen and oxygen atoms in total. The van der Waals surface area contributed by atoms with Crippen LogP contribution in [0, 0.1) is 5.92 Å². The van der Waals surface area contributed by atoms with Gasteiger partial charge in [-0.3, -0.25) is 0 Å². The molecule has 2 heteroatoms. The van der Waals surface area contributed by atoms with Gasteiger partial charge in [-0.15, -0.1) is 0 Å². The van der Waals surface area contributed by atoms with Crippen LogP contribution in [0.5, 0.6) is 0 Å². The highest BCUT2D eigenvalue weighted by atomic mass is 16.3. The second-order valence-electron chi connectivity index (χ2n) is 7.01. The second kappa shape index (κ2) is 6.28. The summed E-state index contributed by atoms with van der Waals surface area (Å²) in [5.41, 5.74) is 1.60. The van der Waals surface area contributed by atoms with Crippen molar-refractivity contribution in [2.45, 2.75) is 52.1 Å². The molecule has 0 radical (unpaired) electrons. The van der Waals surface area contributed by atoms with Crippen molar-refractivity contribution in [1.29, 1.82) is 0 Å². The molecule has 1 N–H and O–H groups in total. The van der Waals surface area contributed by atoms with Crippen molar-refractivity contribution in [1.82, 2.24) is 4.90 Å². The van der Waals surface area contributed by atoms with Crippen molar-refractivity contribution in [3.63, 3.8) is 0 Å². The van der Waals surface area contributed by atoms with Crippen LogP contribution in [0.3, 0.4) is 0 Å². The molecule has 0 saturated carbocycles. The van der Waals surface area contributed by atoms with Crippen LogP contribution in [-0.4, -0.2) is 29.6 Å². The van der Waals surface area contributed by atoms with E-state index < -0.39 is 5.60 Å². The number of aliphatic hydroxyl groups is 1. The Balaban J connectivity index is 2.02. The Morgan fingerprint density at radius 1 is 1.20 bits per heavy atom. The van der Waals surface area contributed by atoms with Crippen molar-refractivity contribution < 1.29 is 5.11 Å². The van der Waals surface area contributed by atoms with Gasteiger partial charge in [-0.2, -0.15) is 0 Å². The number of likely N-dealkylation sites (tertiary alicyclic amines) is 1. The maximum absolute atomic E-state index is 10.8. The van der Waals surface area contributed by atoms with Crippen molar-refractivity contribution in [3.8, 4) is 0 Å². The van der Waals surface area contributed by atoms with Crippen LogP contribution >= 0.6 is 0 Å². The van der Waals surface area contributed by atoms with E-state index in [0.717, 1.165) is 31.1 Å². The number of rotatable bonds is 4. The maximum atomic E-state index is 10.8. The van der Waals surface area contributed by atoms with Crippen LogP contribution < -0.4 is 0 Å². The van der Waals surface area contributed by atoms with E-state index in [4.69, 9.17) is 0 Å². The summed E-state index contributed by atoms with van der Waals surface area (Å²) >= 11 is 0. The van der Waals surface area contributed by atoms with Crippen LogP contribution in [-0.2, 0) is 5.60 Å². The molecular formula is C18H29NO. The Kier molecular flexibility index (Phi) is 4.87. The lowest BCUT2D eigenvalue weighted by Crippen LogP contribution is -2.42. The third-order valence-corrected chi connectivity index (χ3v) is 4.61. The molecule has 0 bridgehead atoms. The van der Waals surface area contributed by atoms with Crippen molar-refractivity contribution >= 4 is 0 Å². The highest BCUT2D eigenvalue weighted by Crippen LogP contribution is 2.26. The van der Waals surface area contributed by atoms with Gasteiger partial charge in [-0.1, -0.05) is 45.0 Å². The van der Waals surface area contributed by atoms with Crippen LogP contribution in [0.15, 0.2) is 24.3 Å². The van der Waals surface area contributed by atoms with Crippen molar-refractivity contribution in [3.05, 3.63) is 35.4 Å². The fourth-order valence-electron chi connectivity index (χ4n) is 2.97. The van der Waals surface area contributed by atoms with Crippen molar-refractivity contribution in [2.24, 2.45) is 5.92 Å². The molecule has 1 heterocycles. The lowest BCUT2D eigenvalue weighted by Gasteiger charge is -2.36. The first-order valence-corrected chi connectivity index (χ1v) is 7.93. The van der Waals surface area contributed by atoms with Gasteiger partial charge in [0, 0.05) is 6.54 Å². The zero-order chi connectivity index (χ0) is 14.8. The molecule has 0 aromatic heterocycles. The van der Waals surface area contributed by atoms with E-state index in [2.05, 4.69) is 49.9 Å². The monoisotopic (exact) mass is 275 g/mol. The molecule has 112 valence electrons. The molecule has 1 aromatic carbocycles. The summed E-state index contributed by atoms with van der Waals surface area (Å²) in [6.07, 6.45) is 2.50. The average Bonchev–Trinajstić information content (AvgIpc) is 2.41. The minimum Gasteiger partial charge on any atom is -0.384 e. The van der Waals surface area contributed by atoms with Gasteiger partial charge in [0.25, 0.3) is 0 Å². The fraction of sp³-hybridized carbons (Fsp3) is 0.667. The Hall–Kier alpha value is -0.860. The predicted octanol–water partition coefficient (Wildman–Crippen LogP) is 3.75. The van der Waals surface area contributed by atoms with E-state index in [1.54, 1.807) is 0 Å². The van der Waals surface area contributed by atoms with E-state index >= 15 is 0 Å². The largest absolute Gasteiger partial charge is 0.384 e. The van der Waals surface area contributed by atoms with E-state index in [9.17, 15) is 5.11 Å². The molecule has 0 spiro atoms. The molecule has 1 atom stereocenters. The molecule has 1 aliphatic heterocycles. The third-order valence-electron chi connectivity index (χ3n) is 4.61. The number of benzene rings is 1. The molecule has 1 aromatic rings. The quantitative estimate of drug-likeness (QED) is 0.904. The van der Waals surface area contributed by atoms with Gasteiger partial charge in [0.05, 0.1) is 5.60 Å². The Labute approximate surface area is 123 Å². The molecule has 1 unspecified atom stereocenters. The summed E-state index contributed by atoms with van der Waals surface area (Å²) in [5, 5.41) is 10.8. The van der Waals surface area contributed by atoms with Gasteiger partial charge in [0.2, 0.25) is 0 Å². The minimum absolute atomic E-state index is 0.539. The number of β-amino-alcohol motifs (C(OH)–C–C–N with tert-alkyl or cyclic N) is 1. The molecule has 0 amide bonds. The predicted molar refractivity (Wildman–Crippen MR) is 84.9 cm³/mol. The van der Waals surface area contributed by atoms with Gasteiger partial charge >= 0.3 is 0 Å². The third kappa shape index (κ3) is 3.83. The van der Waals surface area contributed by atoms with E-state index in [0.29, 0.717) is 5.92 Å². The molecule has 20 heavy (non-hydrogen) atoms. The second-order valence-corrected chi connectivity index (χ2v) is 7.01. The maximum Gasteiger partial charge on any atom is 0.0994 e. The van der Waals surface area contributed by atoms with Crippen molar-refractivity contribution in [2.75, 3.05) is 19.6 Å². The number of nitrogens with zero attached hydrogens (tertiary/aromatic N) is 1. The lowest BCUT2D eigenvalue weighted by molar-refractivity contribution is 0.00655. The highest BCUT2D eigenvalue weighted by Gasteiger charge is 2.28. The molecular weight excluding hydrogens is 246 g/mol. The summed E-state index contributed by atoms with van der Waals surface area (Å²) < 4.78 is 0. The van der Waals surface area contributed by atoms with Gasteiger partial charge in [0.15, 0.2) is 0 Å². The van der Waals surface area contributed by atoms with E-state index in [1.165, 1.54) is 18.4 Å². The molecule has 1 aliphatic rings. The summed E-state index contributed by atoms with van der Waals surface area (Å²) in [6.45, 7) is 11.6. The Morgan fingerprint density at radius 3 is 2.25 bits per heavy atom. The number of piperidine rings is 1. The molecule has 0 aliphatic carbocycles. The SMILES string of the molecule is CC1CCN(CC(C)(O)c2ccc(C(C)C)cc2)CC1. The smallest absolute Gasteiger partial charge is 0.0994 e. The summed E-state index contributed by atoms with van der Waals surface area (Å²) in [4.78, 5) is 2.40. The first kappa shape index (κ1) is 15.5. The van der Waals surface area contributed by atoms with Gasteiger partial charge in [0.1, 0.15) is 0 Å². The van der Waals surface area contributed by atoms with E-state index in [-0.39, 0.29) is 0 Å². The first-order chi connectivity index (χ1) is 9.38. The van der Waals surface area contributed by atoms with Crippen LogP contribution in [0.1, 0.15) is 57.6 Å². The zero-order valence-corrected chi connectivity index (χ0v) is 13.4. The molecule has 1 fully saturated rings. The standard InChI is InChI=1S/C18H29NO/c1-14(2)16-5-7-17(8-6-16)18(4,20)13-19-11-9-15(3)10-12-19/h5-8,14-15,20H,9-13H2,1-4H3. The summed E-state index contributed by atoms with van der Waals surface area (Å²) in [5.74, 6) is 1.37. The minimum atomic E-state index is -0.754. The number of hydrogen-bond donors (Lipinski definition) is 1. The lowest BCUT2D eigenvalue weighted by atomic mass is 9.91. The van der Waals surface area contributed by atoms with Gasteiger partial charge in [-0.05, 0) is 55.8 Å². The Bertz CT molecular complexity index is 414. The average molecular weight is 275 g/mol. The fourth-order valence-corrected chi connectivity index (χ4v) is 2.97. The van der Waals surface area contributed by atoms with Crippen LogP contribution in [0.2, 0.25) is 0 Å².